The van der Waals surface area contributed by atoms with Crippen molar-refractivity contribution in [1.82, 2.24) is 5.32 Å². The molecule has 0 saturated heterocycles. The number of benzene rings is 3. The zero-order chi connectivity index (χ0) is 21.8. The number of fused-ring (bicyclic) bond motifs is 1. The summed E-state index contributed by atoms with van der Waals surface area (Å²) in [4.78, 5) is 13.3. The fourth-order valence-electron chi connectivity index (χ4n) is 4.21. The maximum atomic E-state index is 13.3. The third kappa shape index (κ3) is 4.91. The summed E-state index contributed by atoms with van der Waals surface area (Å²) < 4.78 is 11.5. The lowest BCUT2D eigenvalue weighted by Crippen LogP contribution is -2.41. The van der Waals surface area contributed by atoms with Gasteiger partial charge in [0.2, 0.25) is 0 Å². The van der Waals surface area contributed by atoms with E-state index in [0.29, 0.717) is 6.42 Å². The fourth-order valence-corrected chi connectivity index (χ4v) is 4.21. The highest BCUT2D eigenvalue weighted by Crippen LogP contribution is 2.41. The number of methoxy groups -OCH3 is 1. The molecule has 4 heteroatoms. The van der Waals surface area contributed by atoms with Gasteiger partial charge in [0.05, 0.1) is 13.2 Å². The Kier molecular flexibility index (Phi) is 5.99. The van der Waals surface area contributed by atoms with Gasteiger partial charge in [0, 0.05) is 17.5 Å². The van der Waals surface area contributed by atoms with Crippen LogP contribution in [0.15, 0.2) is 72.8 Å². The molecule has 1 aliphatic rings. The number of aryl methyl sites for hydroxylation is 2. The molecule has 160 valence electrons. The molecule has 1 heterocycles. The lowest BCUT2D eigenvalue weighted by molar-refractivity contribution is 0.0617. The van der Waals surface area contributed by atoms with Gasteiger partial charge in [0.1, 0.15) is 17.1 Å². The van der Waals surface area contributed by atoms with Gasteiger partial charge in [0.15, 0.2) is 0 Å². The van der Waals surface area contributed by atoms with Gasteiger partial charge in [-0.3, -0.25) is 4.79 Å². The standard InChI is InChI=1S/C27H29NO3/c1-27(2)18-24(23-17-21(30-3)15-16-25(23)31-27)28-26(29)22-12-8-7-11-20(22)14-13-19-9-5-4-6-10-19/h4-12,15-17,24H,13-14,18H2,1-3H3,(H,28,29)/t24-/m1/s1. The van der Waals surface area contributed by atoms with E-state index >= 15 is 0 Å². The Bertz CT molecular complexity index is 1060. The van der Waals surface area contributed by atoms with Gasteiger partial charge in [0.25, 0.3) is 5.91 Å². The molecule has 1 amide bonds. The molecule has 1 aliphatic heterocycles. The maximum Gasteiger partial charge on any atom is 0.252 e. The Morgan fingerprint density at radius 2 is 1.77 bits per heavy atom. The summed E-state index contributed by atoms with van der Waals surface area (Å²) in [6, 6.07) is 23.8. The SMILES string of the molecule is COc1ccc2c(c1)[C@H](NC(=O)c1ccccc1CCc1ccccc1)CC(C)(C)O2. The van der Waals surface area contributed by atoms with Crippen LogP contribution in [-0.4, -0.2) is 18.6 Å². The van der Waals surface area contributed by atoms with Crippen molar-refractivity contribution in [3.63, 3.8) is 0 Å². The predicted molar refractivity (Wildman–Crippen MR) is 123 cm³/mol. The zero-order valence-corrected chi connectivity index (χ0v) is 18.4. The summed E-state index contributed by atoms with van der Waals surface area (Å²) in [5.74, 6) is 1.49. The van der Waals surface area contributed by atoms with Gasteiger partial charge >= 0.3 is 0 Å². The lowest BCUT2D eigenvalue weighted by atomic mass is 9.89. The first-order valence-corrected chi connectivity index (χ1v) is 10.7. The van der Waals surface area contributed by atoms with Crippen LogP contribution in [0.25, 0.3) is 0 Å². The minimum atomic E-state index is -0.369. The molecule has 31 heavy (non-hydrogen) atoms. The Morgan fingerprint density at radius 1 is 1.03 bits per heavy atom. The average Bonchev–Trinajstić information content (AvgIpc) is 2.77. The van der Waals surface area contributed by atoms with Crippen LogP contribution in [0.2, 0.25) is 0 Å². The monoisotopic (exact) mass is 415 g/mol. The van der Waals surface area contributed by atoms with Gasteiger partial charge in [-0.25, -0.2) is 0 Å². The second kappa shape index (κ2) is 8.84. The summed E-state index contributed by atoms with van der Waals surface area (Å²) in [6.45, 7) is 4.10. The van der Waals surface area contributed by atoms with Crippen molar-refractivity contribution in [2.75, 3.05) is 7.11 Å². The highest BCUT2D eigenvalue weighted by atomic mass is 16.5. The molecule has 0 fully saturated rings. The zero-order valence-electron chi connectivity index (χ0n) is 18.4. The number of hydrogen-bond acceptors (Lipinski definition) is 3. The van der Waals surface area contributed by atoms with Gasteiger partial charge < -0.3 is 14.8 Å². The summed E-state index contributed by atoms with van der Waals surface area (Å²) >= 11 is 0. The second-order valence-corrected chi connectivity index (χ2v) is 8.64. The number of hydrogen-bond donors (Lipinski definition) is 1. The van der Waals surface area contributed by atoms with E-state index in [-0.39, 0.29) is 17.6 Å². The summed E-state index contributed by atoms with van der Waals surface area (Å²) in [5, 5.41) is 3.26. The molecule has 1 atom stereocenters. The van der Waals surface area contributed by atoms with Crippen LogP contribution in [0.3, 0.4) is 0 Å². The molecule has 3 aromatic carbocycles. The molecule has 0 spiro atoms. The third-order valence-corrected chi connectivity index (χ3v) is 5.77. The molecular weight excluding hydrogens is 386 g/mol. The van der Waals surface area contributed by atoms with E-state index in [1.54, 1.807) is 7.11 Å². The predicted octanol–water partition coefficient (Wildman–Crippen LogP) is 5.51. The van der Waals surface area contributed by atoms with E-state index in [2.05, 4.69) is 17.4 Å². The molecular formula is C27H29NO3. The Morgan fingerprint density at radius 3 is 2.55 bits per heavy atom. The lowest BCUT2D eigenvalue weighted by Gasteiger charge is -2.38. The Balaban J connectivity index is 1.56. The summed E-state index contributed by atoms with van der Waals surface area (Å²) in [7, 11) is 1.64. The van der Waals surface area contributed by atoms with Crippen molar-refractivity contribution < 1.29 is 14.3 Å². The molecule has 4 rings (SSSR count). The van der Waals surface area contributed by atoms with Crippen LogP contribution in [0.1, 0.15) is 53.4 Å². The van der Waals surface area contributed by atoms with Gasteiger partial charge in [-0.15, -0.1) is 0 Å². The van der Waals surface area contributed by atoms with Crippen molar-refractivity contribution in [1.29, 1.82) is 0 Å². The normalized spacial score (nSPS) is 16.7. The molecule has 0 aliphatic carbocycles. The minimum absolute atomic E-state index is 0.0554. The van der Waals surface area contributed by atoms with E-state index in [0.717, 1.165) is 41.0 Å². The average molecular weight is 416 g/mol. The molecule has 0 bridgehead atoms. The minimum Gasteiger partial charge on any atom is -0.497 e. The van der Waals surface area contributed by atoms with Crippen molar-refractivity contribution in [3.8, 4) is 11.5 Å². The largest absolute Gasteiger partial charge is 0.497 e. The fraction of sp³-hybridized carbons (Fsp3) is 0.296. The number of carbonyl (C=O) groups excluding carboxylic acids is 1. The topological polar surface area (TPSA) is 47.6 Å². The van der Waals surface area contributed by atoms with Crippen molar-refractivity contribution in [2.24, 2.45) is 0 Å². The molecule has 3 aromatic rings. The van der Waals surface area contributed by atoms with Crippen LogP contribution in [-0.2, 0) is 12.8 Å². The summed E-state index contributed by atoms with van der Waals surface area (Å²) in [6.07, 6.45) is 2.40. The first kappa shape index (κ1) is 21.0. The third-order valence-electron chi connectivity index (χ3n) is 5.77. The highest BCUT2D eigenvalue weighted by molar-refractivity contribution is 5.96. The quantitative estimate of drug-likeness (QED) is 0.577. The summed E-state index contributed by atoms with van der Waals surface area (Å²) in [5.41, 5.74) is 3.64. The molecule has 0 aromatic heterocycles. The highest BCUT2D eigenvalue weighted by Gasteiger charge is 2.35. The van der Waals surface area contributed by atoms with Crippen molar-refractivity contribution in [2.45, 2.75) is 44.8 Å². The number of ether oxygens (including phenoxy) is 2. The van der Waals surface area contributed by atoms with E-state index in [1.165, 1.54) is 5.56 Å². The van der Waals surface area contributed by atoms with Crippen LogP contribution in [0.4, 0.5) is 0 Å². The first-order chi connectivity index (χ1) is 14.9. The van der Waals surface area contributed by atoms with Crippen LogP contribution >= 0.6 is 0 Å². The molecule has 0 radical (unpaired) electrons. The second-order valence-electron chi connectivity index (χ2n) is 8.64. The maximum absolute atomic E-state index is 13.3. The van der Waals surface area contributed by atoms with Gasteiger partial charge in [-0.1, -0.05) is 48.5 Å². The van der Waals surface area contributed by atoms with Crippen LogP contribution in [0.5, 0.6) is 11.5 Å². The van der Waals surface area contributed by atoms with Gasteiger partial charge in [-0.2, -0.15) is 0 Å². The molecule has 1 N–H and O–H groups in total. The van der Waals surface area contributed by atoms with E-state index in [4.69, 9.17) is 9.47 Å². The Labute approximate surface area is 184 Å². The van der Waals surface area contributed by atoms with E-state index < -0.39 is 0 Å². The Hall–Kier alpha value is -3.27. The van der Waals surface area contributed by atoms with Crippen LogP contribution in [0, 0.1) is 0 Å². The van der Waals surface area contributed by atoms with Crippen LogP contribution < -0.4 is 14.8 Å². The van der Waals surface area contributed by atoms with Crippen molar-refractivity contribution >= 4 is 5.91 Å². The number of amides is 1. The molecule has 0 unspecified atom stereocenters. The molecule has 0 saturated carbocycles. The number of nitrogens with one attached hydrogen (secondary N) is 1. The first-order valence-electron chi connectivity index (χ1n) is 10.7. The van der Waals surface area contributed by atoms with Gasteiger partial charge in [-0.05, 0) is 62.1 Å². The number of rotatable bonds is 6. The molecule has 4 nitrogen and oxygen atoms in total. The van der Waals surface area contributed by atoms with E-state index in [9.17, 15) is 4.79 Å². The van der Waals surface area contributed by atoms with Crippen molar-refractivity contribution in [3.05, 3.63) is 95.1 Å². The smallest absolute Gasteiger partial charge is 0.252 e. The number of carbonyl (C=O) groups is 1. The van der Waals surface area contributed by atoms with E-state index in [1.807, 2.05) is 74.5 Å².